The zero-order valence-electron chi connectivity index (χ0n) is 11.4. The van der Waals surface area contributed by atoms with Gasteiger partial charge in [0.1, 0.15) is 11.9 Å². The molecule has 1 aromatic rings. The van der Waals surface area contributed by atoms with Gasteiger partial charge in [0.05, 0.1) is 11.2 Å². The fraction of sp³-hybridized carbons (Fsp3) is 0.615. The Morgan fingerprint density at radius 1 is 1.28 bits per heavy atom. The number of hydrogen-bond donors (Lipinski definition) is 0. The molecule has 0 aliphatic rings. The first kappa shape index (κ1) is 14.9. The second-order valence-electron chi connectivity index (χ2n) is 4.93. The summed E-state index contributed by atoms with van der Waals surface area (Å²) in [6, 6.07) is 0. The molecule has 0 radical (unpaired) electrons. The third-order valence-electron chi connectivity index (χ3n) is 2.70. The van der Waals surface area contributed by atoms with Crippen LogP contribution in [0.2, 0.25) is 5.02 Å². The van der Waals surface area contributed by atoms with Gasteiger partial charge in [-0.25, -0.2) is 14.8 Å². The molecule has 0 aliphatic carbocycles. The molecule has 0 bridgehead atoms. The molecule has 1 aromatic heterocycles. The number of carbonyl (C=O) groups excluding carboxylic acids is 1. The van der Waals surface area contributed by atoms with E-state index in [0.717, 1.165) is 0 Å². The summed E-state index contributed by atoms with van der Waals surface area (Å²) >= 11 is 5.93. The van der Waals surface area contributed by atoms with Gasteiger partial charge in [0.25, 0.3) is 0 Å². The van der Waals surface area contributed by atoms with E-state index < -0.39 is 5.97 Å². The molecule has 0 aromatic carbocycles. The molecule has 0 saturated carbocycles. The molecule has 1 unspecified atom stereocenters. The summed E-state index contributed by atoms with van der Waals surface area (Å²) in [4.78, 5) is 20.2. The molecule has 0 spiro atoms. The molecule has 1 rings (SSSR count). The third kappa shape index (κ3) is 3.67. The molecule has 0 amide bonds. The molecule has 100 valence electrons. The molecule has 0 saturated heterocycles. The van der Waals surface area contributed by atoms with Crippen LogP contribution in [0.1, 0.15) is 56.8 Å². The van der Waals surface area contributed by atoms with Crippen molar-refractivity contribution in [2.45, 2.75) is 46.6 Å². The highest BCUT2D eigenvalue weighted by Gasteiger charge is 2.20. The molecule has 18 heavy (non-hydrogen) atoms. The first-order valence-electron chi connectivity index (χ1n) is 6.06. The van der Waals surface area contributed by atoms with Gasteiger partial charge < -0.3 is 4.74 Å². The van der Waals surface area contributed by atoms with Crippen LogP contribution in [0.25, 0.3) is 0 Å². The van der Waals surface area contributed by atoms with Crippen molar-refractivity contribution in [3.63, 3.8) is 0 Å². The fourth-order valence-electron chi connectivity index (χ4n) is 1.16. The van der Waals surface area contributed by atoms with Gasteiger partial charge >= 0.3 is 5.97 Å². The van der Waals surface area contributed by atoms with Crippen molar-refractivity contribution in [3.05, 3.63) is 22.7 Å². The van der Waals surface area contributed by atoms with Crippen LogP contribution in [0.5, 0.6) is 0 Å². The lowest BCUT2D eigenvalue weighted by molar-refractivity contribution is 0.0231. The van der Waals surface area contributed by atoms with Gasteiger partial charge in [0.2, 0.25) is 0 Å². The number of aromatic nitrogens is 2. The topological polar surface area (TPSA) is 52.1 Å². The number of rotatable bonds is 4. The van der Waals surface area contributed by atoms with Gasteiger partial charge in [-0.3, -0.25) is 0 Å². The van der Waals surface area contributed by atoms with Crippen molar-refractivity contribution < 1.29 is 9.53 Å². The zero-order chi connectivity index (χ0) is 13.9. The van der Waals surface area contributed by atoms with Crippen LogP contribution in [-0.2, 0) is 4.74 Å². The quantitative estimate of drug-likeness (QED) is 0.787. The van der Waals surface area contributed by atoms with Crippen LogP contribution >= 0.6 is 11.6 Å². The van der Waals surface area contributed by atoms with Crippen molar-refractivity contribution in [3.8, 4) is 0 Å². The standard InChI is InChI=1S/C13H19ClN2O2/c1-7(2)9(5)18-13(17)11-10(14)6-15-12(16-11)8(3)4/h6-9H,1-5H3. The predicted molar refractivity (Wildman–Crippen MR) is 70.8 cm³/mol. The summed E-state index contributed by atoms with van der Waals surface area (Å²) in [5.41, 5.74) is 0.142. The van der Waals surface area contributed by atoms with E-state index in [0.29, 0.717) is 5.82 Å². The van der Waals surface area contributed by atoms with Crippen molar-refractivity contribution >= 4 is 17.6 Å². The largest absolute Gasteiger partial charge is 0.458 e. The Morgan fingerprint density at radius 3 is 2.39 bits per heavy atom. The second-order valence-corrected chi connectivity index (χ2v) is 5.34. The molecular weight excluding hydrogens is 252 g/mol. The van der Waals surface area contributed by atoms with E-state index in [1.807, 2.05) is 34.6 Å². The second kappa shape index (κ2) is 6.14. The first-order chi connectivity index (χ1) is 8.32. The molecule has 1 heterocycles. The average molecular weight is 271 g/mol. The van der Waals surface area contributed by atoms with Gasteiger partial charge in [-0.15, -0.1) is 0 Å². The van der Waals surface area contributed by atoms with Crippen molar-refractivity contribution in [1.29, 1.82) is 0 Å². The molecule has 0 N–H and O–H groups in total. The first-order valence-corrected chi connectivity index (χ1v) is 6.44. The van der Waals surface area contributed by atoms with E-state index in [1.54, 1.807) is 0 Å². The molecular formula is C13H19ClN2O2. The molecule has 1 atom stereocenters. The summed E-state index contributed by atoms with van der Waals surface area (Å²) in [6.07, 6.45) is 1.27. The summed E-state index contributed by atoms with van der Waals surface area (Å²) in [7, 11) is 0. The number of carbonyl (C=O) groups is 1. The highest BCUT2D eigenvalue weighted by Crippen LogP contribution is 2.18. The van der Waals surface area contributed by atoms with E-state index in [2.05, 4.69) is 9.97 Å². The maximum atomic E-state index is 12.0. The Labute approximate surface area is 113 Å². The van der Waals surface area contributed by atoms with Crippen LogP contribution in [0.15, 0.2) is 6.20 Å². The SMILES string of the molecule is CC(C)c1ncc(Cl)c(C(=O)OC(C)C(C)C)n1. The fourth-order valence-corrected chi connectivity index (χ4v) is 1.33. The number of esters is 1. The number of halogens is 1. The molecule has 5 heteroatoms. The summed E-state index contributed by atoms with van der Waals surface area (Å²) < 4.78 is 5.30. The van der Waals surface area contributed by atoms with Crippen molar-refractivity contribution in [2.75, 3.05) is 0 Å². The molecule has 0 fully saturated rings. The molecule has 4 nitrogen and oxygen atoms in total. The summed E-state index contributed by atoms with van der Waals surface area (Å²) in [6.45, 7) is 9.73. The number of hydrogen-bond acceptors (Lipinski definition) is 4. The maximum Gasteiger partial charge on any atom is 0.358 e. The van der Waals surface area contributed by atoms with Gasteiger partial charge in [-0.05, 0) is 12.8 Å². The number of nitrogens with zero attached hydrogens (tertiary/aromatic N) is 2. The predicted octanol–water partition coefficient (Wildman–Crippen LogP) is 3.45. The van der Waals surface area contributed by atoms with Gasteiger partial charge in [0.15, 0.2) is 5.69 Å². The monoisotopic (exact) mass is 270 g/mol. The Balaban J connectivity index is 2.94. The Kier molecular flexibility index (Phi) is 5.08. The van der Waals surface area contributed by atoms with E-state index in [9.17, 15) is 4.79 Å². The van der Waals surface area contributed by atoms with Crippen LogP contribution in [0.3, 0.4) is 0 Å². The highest BCUT2D eigenvalue weighted by atomic mass is 35.5. The Hall–Kier alpha value is -1.16. The highest BCUT2D eigenvalue weighted by molar-refractivity contribution is 6.33. The smallest absolute Gasteiger partial charge is 0.358 e. The van der Waals surface area contributed by atoms with E-state index >= 15 is 0 Å². The van der Waals surface area contributed by atoms with Crippen LogP contribution in [0, 0.1) is 5.92 Å². The van der Waals surface area contributed by atoms with Gasteiger partial charge in [-0.1, -0.05) is 39.3 Å². The van der Waals surface area contributed by atoms with Crippen LogP contribution in [-0.4, -0.2) is 22.0 Å². The zero-order valence-corrected chi connectivity index (χ0v) is 12.2. The van der Waals surface area contributed by atoms with E-state index in [4.69, 9.17) is 16.3 Å². The van der Waals surface area contributed by atoms with Gasteiger partial charge in [-0.2, -0.15) is 0 Å². The lowest BCUT2D eigenvalue weighted by Gasteiger charge is -2.16. The summed E-state index contributed by atoms with van der Waals surface area (Å²) in [5.74, 6) is 0.476. The third-order valence-corrected chi connectivity index (χ3v) is 2.98. The normalized spacial score (nSPS) is 12.9. The Bertz CT molecular complexity index is 433. The van der Waals surface area contributed by atoms with E-state index in [-0.39, 0.29) is 28.7 Å². The Morgan fingerprint density at radius 2 is 1.89 bits per heavy atom. The molecule has 0 aliphatic heterocycles. The lowest BCUT2D eigenvalue weighted by atomic mass is 10.1. The van der Waals surface area contributed by atoms with Crippen LogP contribution in [0.4, 0.5) is 0 Å². The minimum Gasteiger partial charge on any atom is -0.458 e. The van der Waals surface area contributed by atoms with Gasteiger partial charge in [0, 0.05) is 5.92 Å². The maximum absolute atomic E-state index is 12.0. The summed E-state index contributed by atoms with van der Waals surface area (Å²) in [5, 5.41) is 0.223. The van der Waals surface area contributed by atoms with E-state index in [1.165, 1.54) is 6.20 Å². The lowest BCUT2D eigenvalue weighted by Crippen LogP contribution is -2.21. The number of ether oxygens (including phenoxy) is 1. The average Bonchev–Trinajstić information content (AvgIpc) is 2.28. The van der Waals surface area contributed by atoms with Crippen LogP contribution < -0.4 is 0 Å². The van der Waals surface area contributed by atoms with Crippen molar-refractivity contribution in [2.24, 2.45) is 5.92 Å². The minimum absolute atomic E-state index is 0.135. The van der Waals surface area contributed by atoms with Crippen molar-refractivity contribution in [1.82, 2.24) is 9.97 Å². The minimum atomic E-state index is -0.495.